The number of carbonyl (C=O) groups excluding carboxylic acids is 1. The number of hydrogen-bond donors (Lipinski definition) is 4. The van der Waals surface area contributed by atoms with E-state index >= 15 is 0 Å². The molecule has 1 amide bonds. The van der Waals surface area contributed by atoms with E-state index in [1.807, 2.05) is 42.5 Å². The van der Waals surface area contributed by atoms with Crippen LogP contribution in [0.5, 0.6) is 5.75 Å². The number of rotatable bonds is 22. The Morgan fingerprint density at radius 1 is 0.588 bits per heavy atom. The molecular formula is C40H47N7O4. The van der Waals surface area contributed by atoms with Gasteiger partial charge in [-0.05, 0) is 53.8 Å². The summed E-state index contributed by atoms with van der Waals surface area (Å²) in [5.41, 5.74) is 4.35. The van der Waals surface area contributed by atoms with Gasteiger partial charge in [-0.25, -0.2) is 0 Å². The molecule has 0 unspecified atom stereocenters. The van der Waals surface area contributed by atoms with Crippen LogP contribution in [0.15, 0.2) is 115 Å². The number of nitrogens with one attached hydrogen (secondary N) is 4. The lowest BCUT2D eigenvalue weighted by atomic mass is 9.88. The fourth-order valence-electron chi connectivity index (χ4n) is 5.43. The molecule has 0 fully saturated rings. The molecule has 5 rings (SSSR count). The number of ether oxygens (including phenoxy) is 3. The first kappa shape index (κ1) is 36.8. The second kappa shape index (κ2) is 20.9. The number of carbonyl (C=O) groups is 1. The molecule has 4 N–H and O–H groups in total. The minimum absolute atomic E-state index is 0.114. The highest BCUT2D eigenvalue weighted by Gasteiger charge is 2.14. The zero-order valence-corrected chi connectivity index (χ0v) is 29.1. The summed E-state index contributed by atoms with van der Waals surface area (Å²) >= 11 is 0. The Balaban J connectivity index is 1.09. The SMILES string of the molecule is COc1ccc(CCNc2nc(NCCOCCOCCNC(=O)c3ccccc3)nc(NCCC(c3ccccc3)c3ccccc3)n2)cc1. The summed E-state index contributed by atoms with van der Waals surface area (Å²) in [4.78, 5) is 26.0. The van der Waals surface area contributed by atoms with Crippen molar-refractivity contribution in [1.29, 1.82) is 0 Å². The molecule has 11 heteroatoms. The summed E-state index contributed by atoms with van der Waals surface area (Å²) in [5, 5.41) is 12.9. The zero-order valence-electron chi connectivity index (χ0n) is 29.1. The van der Waals surface area contributed by atoms with Crippen LogP contribution in [0.4, 0.5) is 17.8 Å². The van der Waals surface area contributed by atoms with Crippen molar-refractivity contribution in [2.75, 3.05) is 75.7 Å². The number of benzene rings is 4. The highest BCUT2D eigenvalue weighted by molar-refractivity contribution is 5.94. The van der Waals surface area contributed by atoms with Crippen molar-refractivity contribution in [3.05, 3.63) is 138 Å². The third-order valence-corrected chi connectivity index (χ3v) is 8.08. The standard InChI is InChI=1S/C40H47N7O4/c1-49-35-19-17-31(18-20-35)21-23-42-38-45-39(43-24-22-36(32-11-5-2-6-12-32)33-13-7-3-8-14-33)47-40(46-38)44-26-28-51-30-29-50-27-25-41-37(48)34-15-9-4-10-16-34/h2-20,36H,21-30H2,1H3,(H,41,48)(H3,42,43,44,45,46,47). The van der Waals surface area contributed by atoms with Crippen LogP contribution in [0.1, 0.15) is 39.4 Å². The van der Waals surface area contributed by atoms with Gasteiger partial charge in [0.25, 0.3) is 5.91 Å². The number of nitrogens with zero attached hydrogens (tertiary/aromatic N) is 3. The summed E-state index contributed by atoms with van der Waals surface area (Å²) in [7, 11) is 1.66. The fourth-order valence-corrected chi connectivity index (χ4v) is 5.43. The molecule has 51 heavy (non-hydrogen) atoms. The number of aromatic nitrogens is 3. The van der Waals surface area contributed by atoms with Gasteiger partial charge in [-0.1, -0.05) is 91.0 Å². The van der Waals surface area contributed by atoms with E-state index in [2.05, 4.69) is 96.9 Å². The number of amides is 1. The van der Waals surface area contributed by atoms with Crippen molar-refractivity contribution in [2.45, 2.75) is 18.8 Å². The molecule has 0 atom stereocenters. The van der Waals surface area contributed by atoms with Crippen LogP contribution < -0.4 is 26.0 Å². The van der Waals surface area contributed by atoms with Crippen molar-refractivity contribution >= 4 is 23.8 Å². The van der Waals surface area contributed by atoms with Crippen LogP contribution in [0.2, 0.25) is 0 Å². The first-order valence-corrected chi connectivity index (χ1v) is 17.4. The molecule has 5 aromatic rings. The zero-order chi connectivity index (χ0) is 35.4. The number of hydrogen-bond acceptors (Lipinski definition) is 10. The van der Waals surface area contributed by atoms with Crippen molar-refractivity contribution in [3.8, 4) is 5.75 Å². The topological polar surface area (TPSA) is 132 Å². The van der Waals surface area contributed by atoms with Gasteiger partial charge in [-0.15, -0.1) is 0 Å². The molecule has 0 spiro atoms. The molecule has 0 aliphatic heterocycles. The summed E-state index contributed by atoms with van der Waals surface area (Å²) in [6.07, 6.45) is 1.66. The normalized spacial score (nSPS) is 10.9. The van der Waals surface area contributed by atoms with E-state index in [9.17, 15) is 4.79 Å². The predicted octanol–water partition coefficient (Wildman–Crippen LogP) is 6.04. The molecule has 0 bridgehead atoms. The van der Waals surface area contributed by atoms with Gasteiger partial charge >= 0.3 is 0 Å². The summed E-state index contributed by atoms with van der Waals surface area (Å²) in [6.45, 7) is 3.97. The van der Waals surface area contributed by atoms with Crippen LogP contribution in [-0.4, -0.2) is 80.6 Å². The lowest BCUT2D eigenvalue weighted by Gasteiger charge is -2.19. The quantitative estimate of drug-likeness (QED) is 0.0638. The molecule has 266 valence electrons. The summed E-state index contributed by atoms with van der Waals surface area (Å²) in [6, 6.07) is 38.3. The molecule has 0 aliphatic rings. The van der Waals surface area contributed by atoms with Gasteiger partial charge in [-0.2, -0.15) is 15.0 Å². The van der Waals surface area contributed by atoms with Gasteiger partial charge in [0.1, 0.15) is 5.75 Å². The van der Waals surface area contributed by atoms with Gasteiger partial charge in [0.05, 0.1) is 33.5 Å². The molecule has 1 aromatic heterocycles. The molecule has 0 saturated heterocycles. The first-order valence-electron chi connectivity index (χ1n) is 17.4. The van der Waals surface area contributed by atoms with Crippen LogP contribution in [0.3, 0.4) is 0 Å². The average molecular weight is 690 g/mol. The average Bonchev–Trinajstić information content (AvgIpc) is 3.18. The van der Waals surface area contributed by atoms with Crippen molar-refractivity contribution in [2.24, 2.45) is 0 Å². The Hall–Kier alpha value is -5.52. The van der Waals surface area contributed by atoms with Gasteiger partial charge in [-0.3, -0.25) is 4.79 Å². The Labute approximate surface area is 300 Å². The lowest BCUT2D eigenvalue weighted by molar-refractivity contribution is 0.0519. The fraction of sp³-hybridized carbons (Fsp3) is 0.300. The summed E-state index contributed by atoms with van der Waals surface area (Å²) < 4.78 is 16.6. The van der Waals surface area contributed by atoms with E-state index in [0.717, 1.165) is 18.6 Å². The van der Waals surface area contributed by atoms with Gasteiger partial charge < -0.3 is 35.5 Å². The molecule has 0 aliphatic carbocycles. The summed E-state index contributed by atoms with van der Waals surface area (Å²) in [5.74, 6) is 2.38. The maximum Gasteiger partial charge on any atom is 0.251 e. The highest BCUT2D eigenvalue weighted by Crippen LogP contribution is 2.27. The molecule has 0 saturated carbocycles. The molecule has 11 nitrogen and oxygen atoms in total. The largest absolute Gasteiger partial charge is 0.497 e. The van der Waals surface area contributed by atoms with E-state index in [0.29, 0.717) is 76.0 Å². The van der Waals surface area contributed by atoms with Crippen molar-refractivity contribution in [1.82, 2.24) is 20.3 Å². The van der Waals surface area contributed by atoms with Crippen molar-refractivity contribution in [3.63, 3.8) is 0 Å². The monoisotopic (exact) mass is 689 g/mol. The van der Waals surface area contributed by atoms with Gasteiger partial charge in [0.15, 0.2) is 0 Å². The number of anilines is 3. The molecule has 1 heterocycles. The molecular weight excluding hydrogens is 642 g/mol. The Kier molecular flexibility index (Phi) is 15.0. The second-order valence-corrected chi connectivity index (χ2v) is 11.7. The van der Waals surface area contributed by atoms with Crippen LogP contribution in [-0.2, 0) is 15.9 Å². The minimum atomic E-state index is -0.114. The highest BCUT2D eigenvalue weighted by atomic mass is 16.5. The maximum absolute atomic E-state index is 12.1. The van der Waals surface area contributed by atoms with Crippen molar-refractivity contribution < 1.29 is 19.0 Å². The van der Waals surface area contributed by atoms with E-state index in [-0.39, 0.29) is 11.8 Å². The van der Waals surface area contributed by atoms with E-state index in [1.54, 1.807) is 19.2 Å². The van der Waals surface area contributed by atoms with E-state index < -0.39 is 0 Å². The molecule has 4 aromatic carbocycles. The van der Waals surface area contributed by atoms with E-state index in [1.165, 1.54) is 16.7 Å². The third kappa shape index (κ3) is 12.7. The Morgan fingerprint density at radius 3 is 1.67 bits per heavy atom. The third-order valence-electron chi connectivity index (χ3n) is 8.08. The maximum atomic E-state index is 12.1. The molecule has 0 radical (unpaired) electrons. The van der Waals surface area contributed by atoms with Gasteiger partial charge in [0, 0.05) is 37.7 Å². The Morgan fingerprint density at radius 2 is 1.10 bits per heavy atom. The van der Waals surface area contributed by atoms with Gasteiger partial charge in [0.2, 0.25) is 17.8 Å². The smallest absolute Gasteiger partial charge is 0.251 e. The van der Waals surface area contributed by atoms with Crippen LogP contribution >= 0.6 is 0 Å². The number of methoxy groups -OCH3 is 1. The van der Waals surface area contributed by atoms with Crippen LogP contribution in [0, 0.1) is 0 Å². The Bertz CT molecular complexity index is 1670. The minimum Gasteiger partial charge on any atom is -0.497 e. The second-order valence-electron chi connectivity index (χ2n) is 11.7. The predicted molar refractivity (Wildman–Crippen MR) is 202 cm³/mol. The van der Waals surface area contributed by atoms with Crippen LogP contribution in [0.25, 0.3) is 0 Å². The van der Waals surface area contributed by atoms with E-state index in [4.69, 9.17) is 14.2 Å². The lowest BCUT2D eigenvalue weighted by Crippen LogP contribution is -2.27. The first-order chi connectivity index (χ1) is 25.2.